The summed E-state index contributed by atoms with van der Waals surface area (Å²) < 4.78 is 0. The van der Waals surface area contributed by atoms with Gasteiger partial charge in [0, 0.05) is 6.42 Å². The van der Waals surface area contributed by atoms with E-state index in [1.165, 1.54) is 12.8 Å². The number of carbonyl (C=O) groups is 1. The van der Waals surface area contributed by atoms with Crippen molar-refractivity contribution in [1.82, 2.24) is 0 Å². The number of hydrogen-bond acceptors (Lipinski definition) is 1. The molecule has 0 fully saturated rings. The van der Waals surface area contributed by atoms with Crippen molar-refractivity contribution >= 4 is 5.97 Å². The summed E-state index contributed by atoms with van der Waals surface area (Å²) in [7, 11) is 0. The van der Waals surface area contributed by atoms with E-state index in [0.29, 0.717) is 6.42 Å². The molecule has 0 amide bonds. The summed E-state index contributed by atoms with van der Waals surface area (Å²) in [6, 6.07) is 0. The molecular formula is C12H20O2. The van der Waals surface area contributed by atoms with Crippen LogP contribution in [-0.4, -0.2) is 11.1 Å². The van der Waals surface area contributed by atoms with Gasteiger partial charge in [0.05, 0.1) is 0 Å². The van der Waals surface area contributed by atoms with E-state index in [1.807, 2.05) is 19.1 Å². The molecule has 2 heteroatoms. The van der Waals surface area contributed by atoms with Gasteiger partial charge in [-0.05, 0) is 19.8 Å². The molecule has 0 heterocycles. The number of unbranched alkanes of at least 4 members (excludes halogenated alkanes) is 2. The third-order valence-corrected chi connectivity index (χ3v) is 2.05. The molecule has 0 bridgehead atoms. The van der Waals surface area contributed by atoms with E-state index in [4.69, 9.17) is 5.11 Å². The second kappa shape index (κ2) is 8.54. The zero-order valence-corrected chi connectivity index (χ0v) is 9.12. The molecule has 0 rings (SSSR count). The molecule has 0 spiro atoms. The Hall–Kier alpha value is -1.05. The maximum atomic E-state index is 10.3. The summed E-state index contributed by atoms with van der Waals surface area (Å²) in [5, 5.41) is 8.52. The highest BCUT2D eigenvalue weighted by Crippen LogP contribution is 2.08. The van der Waals surface area contributed by atoms with Gasteiger partial charge in [-0.25, -0.2) is 0 Å². The van der Waals surface area contributed by atoms with E-state index in [2.05, 4.69) is 13.0 Å². The van der Waals surface area contributed by atoms with E-state index < -0.39 is 5.97 Å². The van der Waals surface area contributed by atoms with Crippen LogP contribution in [0.15, 0.2) is 23.8 Å². The molecule has 0 aromatic heterocycles. The van der Waals surface area contributed by atoms with Gasteiger partial charge in [-0.1, -0.05) is 43.6 Å². The zero-order valence-electron chi connectivity index (χ0n) is 9.12. The molecule has 0 saturated carbocycles. The third kappa shape index (κ3) is 7.59. The van der Waals surface area contributed by atoms with Crippen LogP contribution in [-0.2, 0) is 4.79 Å². The molecule has 2 nitrogen and oxygen atoms in total. The van der Waals surface area contributed by atoms with E-state index in [1.54, 1.807) is 0 Å². The number of carboxylic acids is 1. The van der Waals surface area contributed by atoms with Gasteiger partial charge in [0.15, 0.2) is 0 Å². The average molecular weight is 196 g/mol. The van der Waals surface area contributed by atoms with Crippen molar-refractivity contribution in [3.05, 3.63) is 23.8 Å². The van der Waals surface area contributed by atoms with Crippen LogP contribution in [0, 0.1) is 0 Å². The third-order valence-electron chi connectivity index (χ3n) is 2.05. The van der Waals surface area contributed by atoms with E-state index >= 15 is 0 Å². The minimum absolute atomic E-state index is 0.220. The Balaban J connectivity index is 3.80. The van der Waals surface area contributed by atoms with Gasteiger partial charge < -0.3 is 5.11 Å². The number of carboxylic acid groups (broad SMARTS) is 1. The van der Waals surface area contributed by atoms with Crippen molar-refractivity contribution < 1.29 is 9.90 Å². The minimum Gasteiger partial charge on any atom is -0.481 e. The fourth-order valence-corrected chi connectivity index (χ4v) is 1.13. The maximum absolute atomic E-state index is 10.3. The van der Waals surface area contributed by atoms with Crippen molar-refractivity contribution in [1.29, 1.82) is 0 Å². The van der Waals surface area contributed by atoms with Crippen molar-refractivity contribution in [2.24, 2.45) is 0 Å². The average Bonchev–Trinajstić information content (AvgIpc) is 2.16. The summed E-state index contributed by atoms with van der Waals surface area (Å²) in [6.07, 6.45) is 10.5. The van der Waals surface area contributed by atoms with Crippen LogP contribution in [0.4, 0.5) is 0 Å². The summed E-state index contributed by atoms with van der Waals surface area (Å²) in [5.74, 6) is -0.730. The van der Waals surface area contributed by atoms with Crippen molar-refractivity contribution in [3.8, 4) is 0 Å². The molecule has 0 atom stereocenters. The Morgan fingerprint density at radius 1 is 1.36 bits per heavy atom. The van der Waals surface area contributed by atoms with Gasteiger partial charge in [0.1, 0.15) is 0 Å². The SMILES string of the molecule is CC=C(C=CCCCC)CCC(=O)O. The van der Waals surface area contributed by atoms with E-state index in [-0.39, 0.29) is 6.42 Å². The van der Waals surface area contributed by atoms with Gasteiger partial charge in [0.25, 0.3) is 0 Å². The first-order chi connectivity index (χ1) is 6.70. The molecule has 80 valence electrons. The molecule has 0 aromatic rings. The van der Waals surface area contributed by atoms with Crippen molar-refractivity contribution in [2.45, 2.75) is 46.0 Å². The molecule has 0 unspecified atom stereocenters. The first kappa shape index (κ1) is 12.9. The standard InChI is InChI=1S/C12H20O2/c1-3-5-6-7-8-11(4-2)9-10-12(13)14/h4,7-8H,3,5-6,9-10H2,1-2H3,(H,13,14). The molecule has 0 saturated heterocycles. The molecule has 0 aliphatic rings. The predicted molar refractivity (Wildman–Crippen MR) is 59.3 cm³/mol. The second-order valence-electron chi connectivity index (χ2n) is 3.30. The molecule has 0 aliphatic heterocycles. The lowest BCUT2D eigenvalue weighted by atomic mass is 10.1. The lowest BCUT2D eigenvalue weighted by Gasteiger charge is -1.98. The first-order valence-electron chi connectivity index (χ1n) is 5.24. The first-order valence-corrected chi connectivity index (χ1v) is 5.24. The van der Waals surface area contributed by atoms with Crippen LogP contribution in [0.3, 0.4) is 0 Å². The van der Waals surface area contributed by atoms with Crippen LogP contribution in [0.2, 0.25) is 0 Å². The summed E-state index contributed by atoms with van der Waals surface area (Å²) >= 11 is 0. The zero-order chi connectivity index (χ0) is 10.8. The molecule has 0 aromatic carbocycles. The van der Waals surface area contributed by atoms with Crippen molar-refractivity contribution in [3.63, 3.8) is 0 Å². The van der Waals surface area contributed by atoms with Gasteiger partial charge >= 0.3 is 5.97 Å². The highest BCUT2D eigenvalue weighted by molar-refractivity contribution is 5.67. The van der Waals surface area contributed by atoms with Gasteiger partial charge in [-0.2, -0.15) is 0 Å². The van der Waals surface area contributed by atoms with Crippen LogP contribution >= 0.6 is 0 Å². The fourth-order valence-electron chi connectivity index (χ4n) is 1.13. The van der Waals surface area contributed by atoms with Crippen LogP contribution < -0.4 is 0 Å². The normalized spacial score (nSPS) is 12.3. The maximum Gasteiger partial charge on any atom is 0.303 e. The molecule has 0 radical (unpaired) electrons. The van der Waals surface area contributed by atoms with Crippen LogP contribution in [0.25, 0.3) is 0 Å². The molecular weight excluding hydrogens is 176 g/mol. The van der Waals surface area contributed by atoms with Crippen LogP contribution in [0.5, 0.6) is 0 Å². The summed E-state index contributed by atoms with van der Waals surface area (Å²) in [4.78, 5) is 10.3. The molecule has 0 aliphatic carbocycles. The smallest absolute Gasteiger partial charge is 0.303 e. The minimum atomic E-state index is -0.730. The van der Waals surface area contributed by atoms with E-state index in [0.717, 1.165) is 12.0 Å². The van der Waals surface area contributed by atoms with Crippen molar-refractivity contribution in [2.75, 3.05) is 0 Å². The predicted octanol–water partition coefficient (Wildman–Crippen LogP) is 3.54. The number of allylic oxidation sites excluding steroid dienone is 4. The Labute approximate surface area is 86.3 Å². The second-order valence-corrected chi connectivity index (χ2v) is 3.30. The number of hydrogen-bond donors (Lipinski definition) is 1. The lowest BCUT2D eigenvalue weighted by Crippen LogP contribution is -1.94. The van der Waals surface area contributed by atoms with Gasteiger partial charge in [0.2, 0.25) is 0 Å². The highest BCUT2D eigenvalue weighted by Gasteiger charge is 1.97. The number of rotatable bonds is 7. The van der Waals surface area contributed by atoms with Crippen LogP contribution in [0.1, 0.15) is 46.0 Å². The van der Waals surface area contributed by atoms with Gasteiger partial charge in [-0.3, -0.25) is 4.79 Å². The largest absolute Gasteiger partial charge is 0.481 e. The fraction of sp³-hybridized carbons (Fsp3) is 0.583. The highest BCUT2D eigenvalue weighted by atomic mass is 16.4. The monoisotopic (exact) mass is 196 g/mol. The number of aliphatic carboxylic acids is 1. The Kier molecular flexibility index (Phi) is 7.90. The molecule has 14 heavy (non-hydrogen) atoms. The summed E-state index contributed by atoms with van der Waals surface area (Å²) in [6.45, 7) is 4.11. The van der Waals surface area contributed by atoms with Gasteiger partial charge in [-0.15, -0.1) is 0 Å². The Morgan fingerprint density at radius 3 is 2.57 bits per heavy atom. The lowest BCUT2D eigenvalue weighted by molar-refractivity contribution is -0.136. The van der Waals surface area contributed by atoms with E-state index in [9.17, 15) is 4.79 Å². The molecule has 1 N–H and O–H groups in total. The topological polar surface area (TPSA) is 37.3 Å². The Morgan fingerprint density at radius 2 is 2.07 bits per heavy atom. The summed E-state index contributed by atoms with van der Waals surface area (Å²) in [5.41, 5.74) is 1.11. The Bertz CT molecular complexity index is 214. The quantitative estimate of drug-likeness (QED) is 0.499.